The molecule has 0 aromatic heterocycles. The lowest BCUT2D eigenvalue weighted by Crippen LogP contribution is -2.12. The standard InChI is InChI=1S/C11H14OS/c12-10-4-6-11(7-5-10)13-8-9-2-1-3-9/h4-7,9,12H,1-3,8H2. The Hall–Kier alpha value is -0.630. The highest BCUT2D eigenvalue weighted by molar-refractivity contribution is 7.99. The van der Waals surface area contributed by atoms with Crippen LogP contribution in [0.5, 0.6) is 5.75 Å². The molecule has 0 heterocycles. The Morgan fingerprint density at radius 1 is 1.23 bits per heavy atom. The quantitative estimate of drug-likeness (QED) is 0.745. The maximum atomic E-state index is 9.08. The van der Waals surface area contributed by atoms with E-state index in [0.29, 0.717) is 5.75 Å². The second-order valence-corrected chi connectivity index (χ2v) is 4.70. The molecule has 1 N–H and O–H groups in total. The van der Waals surface area contributed by atoms with E-state index in [1.807, 2.05) is 23.9 Å². The van der Waals surface area contributed by atoms with E-state index in [2.05, 4.69) is 0 Å². The van der Waals surface area contributed by atoms with Crippen LogP contribution in [-0.2, 0) is 0 Å². The molecule has 0 amide bonds. The summed E-state index contributed by atoms with van der Waals surface area (Å²) >= 11 is 1.90. The molecule has 0 unspecified atom stereocenters. The van der Waals surface area contributed by atoms with Crippen LogP contribution < -0.4 is 0 Å². The molecule has 0 saturated heterocycles. The van der Waals surface area contributed by atoms with Crippen LogP contribution in [0.3, 0.4) is 0 Å². The van der Waals surface area contributed by atoms with Gasteiger partial charge in [0.1, 0.15) is 5.75 Å². The summed E-state index contributed by atoms with van der Waals surface area (Å²) in [6.07, 6.45) is 4.23. The highest BCUT2D eigenvalue weighted by Gasteiger charge is 2.16. The Bertz CT molecular complexity index is 264. The van der Waals surface area contributed by atoms with Crippen molar-refractivity contribution in [1.29, 1.82) is 0 Å². The number of phenols is 1. The largest absolute Gasteiger partial charge is 0.508 e. The average molecular weight is 194 g/mol. The van der Waals surface area contributed by atoms with Gasteiger partial charge in [0.2, 0.25) is 0 Å². The van der Waals surface area contributed by atoms with Gasteiger partial charge in [0, 0.05) is 10.6 Å². The second kappa shape index (κ2) is 4.05. The summed E-state index contributed by atoms with van der Waals surface area (Å²) in [4.78, 5) is 1.27. The van der Waals surface area contributed by atoms with Crippen LogP contribution in [0.2, 0.25) is 0 Å². The fourth-order valence-electron chi connectivity index (χ4n) is 1.42. The first-order valence-electron chi connectivity index (χ1n) is 4.76. The van der Waals surface area contributed by atoms with Crippen LogP contribution in [-0.4, -0.2) is 10.9 Å². The van der Waals surface area contributed by atoms with Crippen molar-refractivity contribution in [3.8, 4) is 5.75 Å². The summed E-state index contributed by atoms with van der Waals surface area (Å²) in [5, 5.41) is 9.08. The minimum Gasteiger partial charge on any atom is -0.508 e. The monoisotopic (exact) mass is 194 g/mol. The minimum absolute atomic E-state index is 0.355. The van der Waals surface area contributed by atoms with Gasteiger partial charge in [0.05, 0.1) is 0 Å². The van der Waals surface area contributed by atoms with Crippen molar-refractivity contribution in [3.63, 3.8) is 0 Å². The summed E-state index contributed by atoms with van der Waals surface area (Å²) in [5.74, 6) is 2.54. The third kappa shape index (κ3) is 2.41. The van der Waals surface area contributed by atoms with Gasteiger partial charge in [-0.15, -0.1) is 11.8 Å². The molecule has 1 saturated carbocycles. The molecule has 1 nitrogen and oxygen atoms in total. The van der Waals surface area contributed by atoms with Gasteiger partial charge in [-0.05, 0) is 43.0 Å². The number of hydrogen-bond acceptors (Lipinski definition) is 2. The predicted octanol–water partition coefficient (Wildman–Crippen LogP) is 3.28. The van der Waals surface area contributed by atoms with E-state index in [-0.39, 0.29) is 0 Å². The van der Waals surface area contributed by atoms with Crippen molar-refractivity contribution < 1.29 is 5.11 Å². The fraction of sp³-hybridized carbons (Fsp3) is 0.455. The summed E-state index contributed by atoms with van der Waals surface area (Å²) < 4.78 is 0. The number of aromatic hydroxyl groups is 1. The lowest BCUT2D eigenvalue weighted by molar-refractivity contribution is 0.353. The zero-order valence-electron chi connectivity index (χ0n) is 7.57. The molecule has 0 radical (unpaired) electrons. The van der Waals surface area contributed by atoms with Crippen molar-refractivity contribution in [2.75, 3.05) is 5.75 Å². The molecule has 70 valence electrons. The smallest absolute Gasteiger partial charge is 0.115 e. The Labute approximate surface area is 83.2 Å². The number of rotatable bonds is 3. The molecule has 1 aliphatic rings. The van der Waals surface area contributed by atoms with Gasteiger partial charge in [-0.3, -0.25) is 0 Å². The van der Waals surface area contributed by atoms with E-state index in [0.717, 1.165) is 5.92 Å². The summed E-state index contributed by atoms with van der Waals surface area (Å²) in [7, 11) is 0. The molecule has 2 heteroatoms. The maximum absolute atomic E-state index is 9.08. The van der Waals surface area contributed by atoms with Gasteiger partial charge in [0.25, 0.3) is 0 Å². The molecule has 0 aliphatic heterocycles. The molecule has 0 spiro atoms. The molecule has 1 aromatic rings. The van der Waals surface area contributed by atoms with Gasteiger partial charge >= 0.3 is 0 Å². The number of thioether (sulfide) groups is 1. The molecule has 1 aromatic carbocycles. The van der Waals surface area contributed by atoms with Crippen molar-refractivity contribution in [3.05, 3.63) is 24.3 Å². The molecule has 2 rings (SSSR count). The van der Waals surface area contributed by atoms with E-state index in [4.69, 9.17) is 5.11 Å². The van der Waals surface area contributed by atoms with Crippen LogP contribution in [0.4, 0.5) is 0 Å². The first kappa shape index (κ1) is 8.95. The Balaban J connectivity index is 1.83. The molecule has 0 bridgehead atoms. The zero-order valence-corrected chi connectivity index (χ0v) is 8.39. The first-order valence-corrected chi connectivity index (χ1v) is 5.75. The first-order chi connectivity index (χ1) is 6.34. The van der Waals surface area contributed by atoms with Crippen molar-refractivity contribution in [2.45, 2.75) is 24.2 Å². The van der Waals surface area contributed by atoms with E-state index in [9.17, 15) is 0 Å². The fourth-order valence-corrected chi connectivity index (χ4v) is 2.51. The Morgan fingerprint density at radius 3 is 2.46 bits per heavy atom. The molecular weight excluding hydrogens is 180 g/mol. The van der Waals surface area contributed by atoms with E-state index >= 15 is 0 Å². The van der Waals surface area contributed by atoms with Crippen LogP contribution >= 0.6 is 11.8 Å². The molecular formula is C11H14OS. The third-order valence-electron chi connectivity index (χ3n) is 2.55. The van der Waals surface area contributed by atoms with Crippen molar-refractivity contribution >= 4 is 11.8 Å². The van der Waals surface area contributed by atoms with Crippen LogP contribution in [0, 0.1) is 5.92 Å². The zero-order chi connectivity index (χ0) is 9.10. The minimum atomic E-state index is 0.355. The predicted molar refractivity (Wildman–Crippen MR) is 56.2 cm³/mol. The molecule has 13 heavy (non-hydrogen) atoms. The second-order valence-electron chi connectivity index (χ2n) is 3.60. The summed E-state index contributed by atoms with van der Waals surface area (Å²) in [6.45, 7) is 0. The van der Waals surface area contributed by atoms with Gasteiger partial charge in [-0.25, -0.2) is 0 Å². The van der Waals surface area contributed by atoms with Gasteiger partial charge in [-0.1, -0.05) is 6.42 Å². The highest BCUT2D eigenvalue weighted by atomic mass is 32.2. The summed E-state index contributed by atoms with van der Waals surface area (Å²) in [5.41, 5.74) is 0. The maximum Gasteiger partial charge on any atom is 0.115 e. The highest BCUT2D eigenvalue weighted by Crippen LogP contribution is 2.32. The SMILES string of the molecule is Oc1ccc(SCC2CCC2)cc1. The number of hydrogen-bond donors (Lipinski definition) is 1. The molecule has 0 atom stereocenters. The Kier molecular flexibility index (Phi) is 2.79. The van der Waals surface area contributed by atoms with Gasteiger partial charge in [-0.2, -0.15) is 0 Å². The topological polar surface area (TPSA) is 20.2 Å². The van der Waals surface area contributed by atoms with Gasteiger partial charge in [0.15, 0.2) is 0 Å². The molecule has 1 aliphatic carbocycles. The Morgan fingerprint density at radius 2 is 1.92 bits per heavy atom. The van der Waals surface area contributed by atoms with E-state index in [1.54, 1.807) is 12.1 Å². The average Bonchev–Trinajstić information content (AvgIpc) is 2.05. The lowest BCUT2D eigenvalue weighted by Gasteiger charge is -2.24. The van der Waals surface area contributed by atoms with Crippen LogP contribution in [0.1, 0.15) is 19.3 Å². The number of phenolic OH excluding ortho intramolecular Hbond substituents is 1. The van der Waals surface area contributed by atoms with Gasteiger partial charge < -0.3 is 5.11 Å². The lowest BCUT2D eigenvalue weighted by atomic mass is 9.87. The number of benzene rings is 1. The van der Waals surface area contributed by atoms with Crippen LogP contribution in [0.25, 0.3) is 0 Å². The third-order valence-corrected chi connectivity index (χ3v) is 3.79. The van der Waals surface area contributed by atoms with E-state index in [1.165, 1.54) is 29.9 Å². The summed E-state index contributed by atoms with van der Waals surface area (Å²) in [6, 6.07) is 7.48. The van der Waals surface area contributed by atoms with E-state index < -0.39 is 0 Å². The molecule has 1 fully saturated rings. The van der Waals surface area contributed by atoms with Crippen LogP contribution in [0.15, 0.2) is 29.2 Å². The van der Waals surface area contributed by atoms with Crippen molar-refractivity contribution in [2.24, 2.45) is 5.92 Å². The normalized spacial score (nSPS) is 16.9. The van der Waals surface area contributed by atoms with Crippen molar-refractivity contribution in [1.82, 2.24) is 0 Å².